The van der Waals surface area contributed by atoms with E-state index in [1.165, 1.54) is 16.7 Å². The quantitative estimate of drug-likeness (QED) is 0.271. The lowest BCUT2D eigenvalue weighted by molar-refractivity contribution is 0.327. The monoisotopic (exact) mass is 434 g/mol. The van der Waals surface area contributed by atoms with Gasteiger partial charge in [-0.2, -0.15) is 0 Å². The fraction of sp³-hybridized carbons (Fsp3) is 0.364. The normalized spacial score (nSPS) is 17.3. The van der Waals surface area contributed by atoms with Crippen molar-refractivity contribution >= 4 is 28.2 Å². The van der Waals surface area contributed by atoms with Gasteiger partial charge in [0.05, 0.1) is 3.58 Å². The van der Waals surface area contributed by atoms with E-state index in [2.05, 4.69) is 100 Å². The Morgan fingerprint density at radius 3 is 2.50 bits per heavy atom. The van der Waals surface area contributed by atoms with E-state index in [1.807, 2.05) is 6.92 Å². The zero-order valence-corrected chi connectivity index (χ0v) is 17.7. The van der Waals surface area contributed by atoms with Gasteiger partial charge in [-0.15, -0.1) is 0 Å². The summed E-state index contributed by atoms with van der Waals surface area (Å²) in [6.07, 6.45) is 4.29. The maximum atomic E-state index is 6.12. The summed E-state index contributed by atoms with van der Waals surface area (Å²) in [6, 6.07) is 8.56. The van der Waals surface area contributed by atoms with Crippen molar-refractivity contribution in [1.82, 2.24) is 0 Å². The van der Waals surface area contributed by atoms with Gasteiger partial charge in [-0.25, -0.2) is 0 Å². The summed E-state index contributed by atoms with van der Waals surface area (Å²) >= 11 is 2.32. The van der Waals surface area contributed by atoms with Crippen molar-refractivity contribution in [1.29, 1.82) is 0 Å². The van der Waals surface area contributed by atoms with Gasteiger partial charge in [0, 0.05) is 11.0 Å². The minimum Gasteiger partial charge on any atom is -0.461 e. The van der Waals surface area contributed by atoms with Crippen LogP contribution in [0.4, 0.5) is 0 Å². The van der Waals surface area contributed by atoms with Gasteiger partial charge < -0.3 is 4.74 Å². The first-order chi connectivity index (χ1) is 11.2. The molecule has 0 bridgehead atoms. The lowest BCUT2D eigenvalue weighted by Gasteiger charge is -2.22. The number of ether oxygens (including phenoxy) is 1. The number of hydrogen-bond acceptors (Lipinski definition) is 1. The molecule has 0 N–H and O–H groups in total. The van der Waals surface area contributed by atoms with E-state index in [-0.39, 0.29) is 5.41 Å². The van der Waals surface area contributed by atoms with Crippen LogP contribution in [0.2, 0.25) is 0 Å². The molecule has 0 unspecified atom stereocenters. The van der Waals surface area contributed by atoms with Crippen LogP contribution in [-0.2, 0) is 10.2 Å². The first-order valence-electron chi connectivity index (χ1n) is 8.39. The summed E-state index contributed by atoms with van der Waals surface area (Å²) in [5.74, 6) is 2.15. The minimum absolute atomic E-state index is 0.0144. The summed E-state index contributed by atoms with van der Waals surface area (Å²) in [5.41, 5.74) is 5.06. The maximum absolute atomic E-state index is 6.12. The zero-order valence-electron chi connectivity index (χ0n) is 15.5. The summed E-state index contributed by atoms with van der Waals surface area (Å²) < 4.78 is 7.22. The number of halogens is 1. The SMILES string of the molecule is C=C(O/C(C)=C(I)/C=C\C(C)C)C1=C(C)C(C)(C)c2ccccc21. The van der Waals surface area contributed by atoms with E-state index in [9.17, 15) is 0 Å². The minimum atomic E-state index is 0.0144. The van der Waals surface area contributed by atoms with Crippen LogP contribution in [0.3, 0.4) is 0 Å². The van der Waals surface area contributed by atoms with Crippen molar-refractivity contribution in [3.63, 3.8) is 0 Å². The molecule has 0 aliphatic heterocycles. The molecule has 0 amide bonds. The second-order valence-electron chi connectivity index (χ2n) is 7.20. The summed E-state index contributed by atoms with van der Waals surface area (Å²) in [5, 5.41) is 0. The predicted molar refractivity (Wildman–Crippen MR) is 113 cm³/mol. The molecule has 1 aromatic rings. The van der Waals surface area contributed by atoms with Crippen molar-refractivity contribution in [2.75, 3.05) is 0 Å². The second-order valence-corrected chi connectivity index (χ2v) is 8.37. The smallest absolute Gasteiger partial charge is 0.127 e. The Labute approximate surface area is 160 Å². The highest BCUT2D eigenvalue weighted by atomic mass is 127. The highest BCUT2D eigenvalue weighted by molar-refractivity contribution is 14.1. The molecular weight excluding hydrogens is 407 g/mol. The van der Waals surface area contributed by atoms with Crippen molar-refractivity contribution < 1.29 is 4.74 Å². The summed E-state index contributed by atoms with van der Waals surface area (Å²) in [6.45, 7) is 17.3. The molecule has 1 aromatic carbocycles. The molecule has 1 aliphatic rings. The van der Waals surface area contributed by atoms with Crippen LogP contribution in [0.15, 0.2) is 63.7 Å². The molecule has 0 heterocycles. The third-order valence-corrected chi connectivity index (χ3v) is 5.82. The Kier molecular flexibility index (Phi) is 5.79. The lowest BCUT2D eigenvalue weighted by Crippen LogP contribution is -2.15. The first-order valence-corrected chi connectivity index (χ1v) is 9.47. The molecule has 0 atom stereocenters. The molecule has 0 radical (unpaired) electrons. The van der Waals surface area contributed by atoms with E-state index in [0.717, 1.165) is 20.7 Å². The fourth-order valence-corrected chi connectivity index (χ4v) is 3.32. The number of allylic oxidation sites excluding steroid dienone is 6. The predicted octanol–water partition coefficient (Wildman–Crippen LogP) is 7.16. The van der Waals surface area contributed by atoms with E-state index in [4.69, 9.17) is 4.74 Å². The van der Waals surface area contributed by atoms with Gasteiger partial charge in [-0.1, -0.05) is 70.2 Å². The standard InChI is InChI=1S/C22H27IO/c1-14(2)12-13-20(23)16(4)24-17(5)21-15(3)22(6,7)19-11-9-8-10-18(19)21/h8-14H,5H2,1-4,6-7H3/b13-12-,20-16-. The van der Waals surface area contributed by atoms with E-state index in [0.29, 0.717) is 5.92 Å². The zero-order chi connectivity index (χ0) is 18.1. The number of benzene rings is 1. The van der Waals surface area contributed by atoms with Crippen LogP contribution < -0.4 is 0 Å². The molecule has 1 aliphatic carbocycles. The molecule has 1 nitrogen and oxygen atoms in total. The van der Waals surface area contributed by atoms with E-state index in [1.54, 1.807) is 0 Å². The van der Waals surface area contributed by atoms with Gasteiger partial charge in [0.25, 0.3) is 0 Å². The topological polar surface area (TPSA) is 9.23 Å². The van der Waals surface area contributed by atoms with E-state index >= 15 is 0 Å². The largest absolute Gasteiger partial charge is 0.461 e. The van der Waals surface area contributed by atoms with Crippen molar-refractivity contribution in [3.05, 3.63) is 74.8 Å². The molecule has 0 spiro atoms. The number of rotatable bonds is 5. The average molecular weight is 434 g/mol. The molecule has 0 fully saturated rings. The summed E-state index contributed by atoms with van der Waals surface area (Å²) in [7, 11) is 0. The van der Waals surface area contributed by atoms with Crippen LogP contribution in [0.5, 0.6) is 0 Å². The molecular formula is C22H27IO. The van der Waals surface area contributed by atoms with Gasteiger partial charge in [-0.3, -0.25) is 0 Å². The Morgan fingerprint density at radius 2 is 1.88 bits per heavy atom. The van der Waals surface area contributed by atoms with Crippen LogP contribution in [0.25, 0.3) is 5.57 Å². The maximum Gasteiger partial charge on any atom is 0.127 e. The van der Waals surface area contributed by atoms with Crippen molar-refractivity contribution in [2.24, 2.45) is 5.92 Å². The molecule has 0 saturated heterocycles. The molecule has 0 saturated carbocycles. The molecule has 2 rings (SSSR count). The average Bonchev–Trinajstić information content (AvgIpc) is 2.72. The highest BCUT2D eigenvalue weighted by Crippen LogP contribution is 2.48. The number of hydrogen-bond donors (Lipinski definition) is 0. The Morgan fingerprint density at radius 1 is 1.25 bits per heavy atom. The first kappa shape index (κ1) is 19.0. The van der Waals surface area contributed by atoms with Crippen LogP contribution in [-0.4, -0.2) is 0 Å². The van der Waals surface area contributed by atoms with Crippen LogP contribution >= 0.6 is 22.6 Å². The third-order valence-electron chi connectivity index (χ3n) is 4.70. The Balaban J connectivity index is 2.34. The van der Waals surface area contributed by atoms with Crippen molar-refractivity contribution in [3.8, 4) is 0 Å². The number of fused-ring (bicyclic) bond motifs is 1. The fourth-order valence-electron chi connectivity index (χ4n) is 3.00. The molecule has 24 heavy (non-hydrogen) atoms. The molecule has 2 heteroatoms. The molecule has 128 valence electrons. The second kappa shape index (κ2) is 7.30. The van der Waals surface area contributed by atoms with E-state index < -0.39 is 0 Å². The van der Waals surface area contributed by atoms with Gasteiger partial charge >= 0.3 is 0 Å². The van der Waals surface area contributed by atoms with Crippen LogP contribution in [0, 0.1) is 5.92 Å². The Bertz CT molecular complexity index is 745. The molecule has 0 aromatic heterocycles. The van der Waals surface area contributed by atoms with Crippen LogP contribution in [0.1, 0.15) is 52.7 Å². The Hall–Kier alpha value is -1.29. The summed E-state index contributed by atoms with van der Waals surface area (Å²) in [4.78, 5) is 0. The van der Waals surface area contributed by atoms with Gasteiger partial charge in [0.2, 0.25) is 0 Å². The van der Waals surface area contributed by atoms with Gasteiger partial charge in [0.1, 0.15) is 11.5 Å². The van der Waals surface area contributed by atoms with Crippen molar-refractivity contribution in [2.45, 2.75) is 47.0 Å². The van der Waals surface area contributed by atoms with Gasteiger partial charge in [0.15, 0.2) is 0 Å². The van der Waals surface area contributed by atoms with Gasteiger partial charge in [-0.05, 0) is 59.6 Å². The third kappa shape index (κ3) is 3.69. The lowest BCUT2D eigenvalue weighted by atomic mass is 9.82. The highest BCUT2D eigenvalue weighted by Gasteiger charge is 2.36.